The molecule has 1 atom stereocenters. The van der Waals surface area contributed by atoms with E-state index in [0.29, 0.717) is 5.56 Å². The van der Waals surface area contributed by atoms with Crippen LogP contribution in [0, 0.1) is 5.92 Å². The minimum absolute atomic E-state index is 0. The molecule has 0 fully saturated rings. The van der Waals surface area contributed by atoms with Crippen molar-refractivity contribution in [1.82, 2.24) is 5.32 Å². The fraction of sp³-hybridized carbons (Fsp3) is 0.364. The smallest absolute Gasteiger partial charge is 0.238 e. The predicted molar refractivity (Wildman–Crippen MR) is 75.1 cm³/mol. The van der Waals surface area contributed by atoms with Gasteiger partial charge in [-0.15, -0.1) is 12.4 Å². The molecular weight excluding hydrogens is 290 g/mol. The molecule has 5 N–H and O–H groups in total. The lowest BCUT2D eigenvalue weighted by Gasteiger charge is -2.10. The lowest BCUT2D eigenvalue weighted by Crippen LogP contribution is -2.32. The van der Waals surface area contributed by atoms with Gasteiger partial charge in [-0.25, -0.2) is 13.6 Å². The molecule has 0 heterocycles. The normalized spacial score (nSPS) is 12.4. The maximum atomic E-state index is 11.5. The highest BCUT2D eigenvalue weighted by Crippen LogP contribution is 2.09. The van der Waals surface area contributed by atoms with Gasteiger partial charge in [0.15, 0.2) is 0 Å². The molecule has 0 radical (unpaired) electrons. The quantitative estimate of drug-likeness (QED) is 0.708. The number of carbonyl (C=O) groups is 1. The molecule has 1 rings (SSSR count). The molecule has 0 spiro atoms. The average molecular weight is 308 g/mol. The summed E-state index contributed by atoms with van der Waals surface area (Å²) >= 11 is 0. The SMILES string of the molecule is CC(CN)C(=O)NCc1cccc(S(N)(=O)=O)c1.Cl. The molecule has 1 unspecified atom stereocenters. The number of rotatable bonds is 5. The molecular formula is C11H18ClN3O3S. The largest absolute Gasteiger partial charge is 0.352 e. The van der Waals surface area contributed by atoms with Crippen LogP contribution in [0.4, 0.5) is 0 Å². The number of primary sulfonamides is 1. The van der Waals surface area contributed by atoms with Crippen LogP contribution < -0.4 is 16.2 Å². The number of sulfonamides is 1. The van der Waals surface area contributed by atoms with Gasteiger partial charge in [-0.1, -0.05) is 19.1 Å². The van der Waals surface area contributed by atoms with Crippen molar-refractivity contribution in [3.63, 3.8) is 0 Å². The van der Waals surface area contributed by atoms with Crippen LogP contribution in [-0.4, -0.2) is 20.9 Å². The Morgan fingerprint density at radius 3 is 2.58 bits per heavy atom. The Bertz CT molecular complexity index is 534. The first-order chi connectivity index (χ1) is 8.34. The third kappa shape index (κ3) is 5.56. The van der Waals surface area contributed by atoms with E-state index >= 15 is 0 Å². The number of amides is 1. The molecule has 0 aromatic heterocycles. The number of benzene rings is 1. The standard InChI is InChI=1S/C11H17N3O3S.ClH/c1-8(6-12)11(15)14-7-9-3-2-4-10(5-9)18(13,16)17;/h2-5,8H,6-7,12H2,1H3,(H,14,15)(H2,13,16,17);1H. The number of nitrogens with one attached hydrogen (secondary N) is 1. The summed E-state index contributed by atoms with van der Waals surface area (Å²) in [4.78, 5) is 11.5. The minimum Gasteiger partial charge on any atom is -0.352 e. The van der Waals surface area contributed by atoms with Gasteiger partial charge in [0.2, 0.25) is 15.9 Å². The van der Waals surface area contributed by atoms with Gasteiger partial charge in [-0.2, -0.15) is 0 Å². The summed E-state index contributed by atoms with van der Waals surface area (Å²) in [5, 5.41) is 7.69. The molecule has 0 aliphatic heterocycles. The summed E-state index contributed by atoms with van der Waals surface area (Å²) in [6, 6.07) is 6.13. The second kappa shape index (κ2) is 7.44. The molecule has 0 saturated carbocycles. The van der Waals surface area contributed by atoms with Crippen molar-refractivity contribution in [2.75, 3.05) is 6.54 Å². The molecule has 0 aliphatic carbocycles. The van der Waals surface area contributed by atoms with Crippen LogP contribution >= 0.6 is 12.4 Å². The van der Waals surface area contributed by atoms with Crippen LogP contribution in [0.3, 0.4) is 0 Å². The third-order valence-corrected chi connectivity index (χ3v) is 3.41. The summed E-state index contributed by atoms with van der Waals surface area (Å²) in [7, 11) is -3.72. The molecule has 1 amide bonds. The van der Waals surface area contributed by atoms with E-state index in [-0.39, 0.29) is 42.2 Å². The Hall–Kier alpha value is -1.15. The van der Waals surface area contributed by atoms with Gasteiger partial charge in [0.25, 0.3) is 0 Å². The molecule has 19 heavy (non-hydrogen) atoms. The highest BCUT2D eigenvalue weighted by molar-refractivity contribution is 7.89. The van der Waals surface area contributed by atoms with E-state index < -0.39 is 10.0 Å². The van der Waals surface area contributed by atoms with Crippen molar-refractivity contribution in [2.24, 2.45) is 16.8 Å². The van der Waals surface area contributed by atoms with Gasteiger partial charge in [0.1, 0.15) is 0 Å². The van der Waals surface area contributed by atoms with Crippen LogP contribution in [0.1, 0.15) is 12.5 Å². The number of nitrogens with two attached hydrogens (primary N) is 2. The van der Waals surface area contributed by atoms with Crippen molar-refractivity contribution in [3.8, 4) is 0 Å². The summed E-state index contributed by atoms with van der Waals surface area (Å²) < 4.78 is 22.3. The van der Waals surface area contributed by atoms with Crippen LogP contribution in [0.2, 0.25) is 0 Å². The Balaban J connectivity index is 0.00000324. The first-order valence-corrected chi connectivity index (χ1v) is 6.98. The van der Waals surface area contributed by atoms with Gasteiger partial charge in [-0.05, 0) is 17.7 Å². The van der Waals surface area contributed by atoms with Crippen LogP contribution in [0.5, 0.6) is 0 Å². The second-order valence-corrected chi connectivity index (χ2v) is 5.61. The van der Waals surface area contributed by atoms with E-state index in [4.69, 9.17) is 10.9 Å². The zero-order valence-corrected chi connectivity index (χ0v) is 12.1. The maximum Gasteiger partial charge on any atom is 0.238 e. The Morgan fingerprint density at radius 2 is 2.05 bits per heavy atom. The number of hydrogen-bond acceptors (Lipinski definition) is 4. The van der Waals surface area contributed by atoms with Crippen molar-refractivity contribution < 1.29 is 13.2 Å². The highest BCUT2D eigenvalue weighted by atomic mass is 35.5. The van der Waals surface area contributed by atoms with Crippen LogP contribution in [-0.2, 0) is 21.4 Å². The molecule has 8 heteroatoms. The molecule has 108 valence electrons. The number of halogens is 1. The lowest BCUT2D eigenvalue weighted by atomic mass is 10.1. The van der Waals surface area contributed by atoms with E-state index in [2.05, 4.69) is 5.32 Å². The number of hydrogen-bond donors (Lipinski definition) is 3. The fourth-order valence-corrected chi connectivity index (χ4v) is 1.89. The van der Waals surface area contributed by atoms with Crippen molar-refractivity contribution in [3.05, 3.63) is 29.8 Å². The zero-order chi connectivity index (χ0) is 13.8. The summed E-state index contributed by atoms with van der Waals surface area (Å²) in [5.74, 6) is -0.440. The average Bonchev–Trinajstić information content (AvgIpc) is 2.34. The van der Waals surface area contributed by atoms with Gasteiger partial charge in [-0.3, -0.25) is 4.79 Å². The van der Waals surface area contributed by atoms with Crippen molar-refractivity contribution >= 4 is 28.3 Å². The van der Waals surface area contributed by atoms with E-state index in [1.807, 2.05) is 0 Å². The van der Waals surface area contributed by atoms with Crippen LogP contribution in [0.25, 0.3) is 0 Å². The fourth-order valence-electron chi connectivity index (χ4n) is 1.30. The van der Waals surface area contributed by atoms with E-state index in [9.17, 15) is 13.2 Å². The topological polar surface area (TPSA) is 115 Å². The van der Waals surface area contributed by atoms with Crippen molar-refractivity contribution in [2.45, 2.75) is 18.4 Å². The first-order valence-electron chi connectivity index (χ1n) is 5.44. The van der Waals surface area contributed by atoms with Gasteiger partial charge in [0, 0.05) is 19.0 Å². The Kier molecular flexibility index (Phi) is 6.99. The second-order valence-electron chi connectivity index (χ2n) is 4.05. The predicted octanol–water partition coefficient (Wildman–Crippen LogP) is -0.0332. The Labute approximate surface area is 119 Å². The zero-order valence-electron chi connectivity index (χ0n) is 10.5. The molecule has 1 aromatic carbocycles. The lowest BCUT2D eigenvalue weighted by molar-refractivity contribution is -0.124. The third-order valence-electron chi connectivity index (χ3n) is 2.49. The summed E-state index contributed by atoms with van der Waals surface area (Å²) in [6.45, 7) is 2.23. The van der Waals surface area contributed by atoms with E-state index in [0.717, 1.165) is 0 Å². The monoisotopic (exact) mass is 307 g/mol. The highest BCUT2D eigenvalue weighted by Gasteiger charge is 2.11. The van der Waals surface area contributed by atoms with E-state index in [1.165, 1.54) is 12.1 Å². The molecule has 1 aromatic rings. The Morgan fingerprint density at radius 1 is 1.42 bits per heavy atom. The number of carbonyl (C=O) groups excluding carboxylic acids is 1. The maximum absolute atomic E-state index is 11.5. The molecule has 0 aliphatic rings. The van der Waals surface area contributed by atoms with Gasteiger partial charge >= 0.3 is 0 Å². The summed E-state index contributed by atoms with van der Waals surface area (Å²) in [5.41, 5.74) is 6.03. The van der Waals surface area contributed by atoms with E-state index in [1.54, 1.807) is 19.1 Å². The van der Waals surface area contributed by atoms with Crippen molar-refractivity contribution in [1.29, 1.82) is 0 Å². The van der Waals surface area contributed by atoms with Gasteiger partial charge in [0.05, 0.1) is 4.90 Å². The first kappa shape index (κ1) is 17.8. The summed E-state index contributed by atoms with van der Waals surface area (Å²) in [6.07, 6.45) is 0. The molecule has 0 saturated heterocycles. The minimum atomic E-state index is -3.72. The van der Waals surface area contributed by atoms with Gasteiger partial charge < -0.3 is 11.1 Å². The molecule has 6 nitrogen and oxygen atoms in total. The molecule has 0 bridgehead atoms. The van der Waals surface area contributed by atoms with Crippen LogP contribution in [0.15, 0.2) is 29.2 Å².